The molecule has 0 bridgehead atoms. The van der Waals surface area contributed by atoms with Crippen LogP contribution in [0.4, 0.5) is 5.69 Å². The van der Waals surface area contributed by atoms with E-state index in [1.54, 1.807) is 12.3 Å². The first-order valence-corrected chi connectivity index (χ1v) is 6.84. The monoisotopic (exact) mass is 274 g/mol. The number of furan rings is 1. The summed E-state index contributed by atoms with van der Waals surface area (Å²) < 4.78 is 7.08. The number of anilines is 1. The van der Waals surface area contributed by atoms with E-state index >= 15 is 0 Å². The predicted octanol–water partition coefficient (Wildman–Crippen LogP) is 1.96. The van der Waals surface area contributed by atoms with Gasteiger partial charge in [0.25, 0.3) is 5.91 Å². The number of aromatic nitrogens is 2. The smallest absolute Gasteiger partial charge is 0.259 e. The Kier molecular flexibility index (Phi) is 3.56. The summed E-state index contributed by atoms with van der Waals surface area (Å²) in [5.41, 5.74) is 1.24. The highest BCUT2D eigenvalue weighted by molar-refractivity contribution is 6.03. The summed E-state index contributed by atoms with van der Waals surface area (Å²) in [6.45, 7) is 3.84. The van der Waals surface area contributed by atoms with Crippen LogP contribution in [0.2, 0.25) is 0 Å². The van der Waals surface area contributed by atoms with Gasteiger partial charge >= 0.3 is 0 Å². The van der Waals surface area contributed by atoms with Gasteiger partial charge in [0.05, 0.1) is 23.5 Å². The van der Waals surface area contributed by atoms with E-state index in [-0.39, 0.29) is 5.91 Å². The first-order chi connectivity index (χ1) is 9.72. The maximum absolute atomic E-state index is 12.0. The van der Waals surface area contributed by atoms with Gasteiger partial charge in [-0.3, -0.25) is 9.48 Å². The third kappa shape index (κ3) is 2.75. The molecule has 1 saturated heterocycles. The minimum atomic E-state index is -0.174. The van der Waals surface area contributed by atoms with Crippen LogP contribution in [-0.2, 0) is 0 Å². The molecule has 20 heavy (non-hydrogen) atoms. The van der Waals surface area contributed by atoms with Crippen molar-refractivity contribution in [2.24, 2.45) is 0 Å². The van der Waals surface area contributed by atoms with Crippen molar-refractivity contribution in [3.05, 3.63) is 36.0 Å². The molecule has 2 N–H and O–H groups in total. The van der Waals surface area contributed by atoms with E-state index < -0.39 is 0 Å². The van der Waals surface area contributed by atoms with Crippen LogP contribution in [0.3, 0.4) is 0 Å². The van der Waals surface area contributed by atoms with Gasteiger partial charge in [-0.25, -0.2) is 0 Å². The maximum Gasteiger partial charge on any atom is 0.259 e. The Bertz CT molecular complexity index is 596. The number of aryl methyl sites for hydroxylation is 1. The third-order valence-electron chi connectivity index (χ3n) is 3.53. The summed E-state index contributed by atoms with van der Waals surface area (Å²) in [5.74, 6) is 0.548. The van der Waals surface area contributed by atoms with E-state index in [1.807, 2.05) is 17.8 Å². The summed E-state index contributed by atoms with van der Waals surface area (Å²) >= 11 is 0. The molecular weight excluding hydrogens is 256 g/mol. The predicted molar refractivity (Wildman–Crippen MR) is 74.8 cm³/mol. The van der Waals surface area contributed by atoms with Crippen LogP contribution in [0.25, 0.3) is 0 Å². The van der Waals surface area contributed by atoms with Gasteiger partial charge in [-0.15, -0.1) is 0 Å². The van der Waals surface area contributed by atoms with E-state index in [0.717, 1.165) is 31.7 Å². The second kappa shape index (κ2) is 5.50. The number of carbonyl (C=O) groups excluding carboxylic acids is 1. The molecule has 0 unspecified atom stereocenters. The molecule has 0 aliphatic carbocycles. The summed E-state index contributed by atoms with van der Waals surface area (Å²) in [5, 5.41) is 10.5. The van der Waals surface area contributed by atoms with Crippen LogP contribution < -0.4 is 10.6 Å². The summed E-state index contributed by atoms with van der Waals surface area (Å²) in [7, 11) is 0. The fourth-order valence-electron chi connectivity index (χ4n) is 2.44. The molecule has 0 atom stereocenters. The summed E-state index contributed by atoms with van der Waals surface area (Å²) in [6, 6.07) is 2.13. The van der Waals surface area contributed by atoms with E-state index in [9.17, 15) is 4.79 Å². The Balaban J connectivity index is 1.66. The van der Waals surface area contributed by atoms with Crippen LogP contribution in [0, 0.1) is 6.92 Å². The third-order valence-corrected chi connectivity index (χ3v) is 3.53. The van der Waals surface area contributed by atoms with Gasteiger partial charge in [0.15, 0.2) is 0 Å². The highest BCUT2D eigenvalue weighted by atomic mass is 16.3. The average molecular weight is 274 g/mol. The molecule has 1 aliphatic rings. The van der Waals surface area contributed by atoms with Crippen molar-refractivity contribution in [1.82, 2.24) is 15.1 Å². The van der Waals surface area contributed by atoms with Crippen molar-refractivity contribution in [2.45, 2.75) is 25.8 Å². The molecule has 1 amide bonds. The zero-order valence-electron chi connectivity index (χ0n) is 11.4. The number of rotatable bonds is 3. The second-order valence-electron chi connectivity index (χ2n) is 5.09. The van der Waals surface area contributed by atoms with E-state index in [0.29, 0.717) is 17.3 Å². The maximum atomic E-state index is 12.0. The molecule has 1 fully saturated rings. The molecule has 0 saturated carbocycles. The van der Waals surface area contributed by atoms with E-state index in [1.165, 1.54) is 6.26 Å². The molecule has 0 spiro atoms. The van der Waals surface area contributed by atoms with Crippen LogP contribution in [-0.4, -0.2) is 28.8 Å². The van der Waals surface area contributed by atoms with Crippen molar-refractivity contribution in [1.29, 1.82) is 0 Å². The van der Waals surface area contributed by atoms with Crippen molar-refractivity contribution in [3.8, 4) is 0 Å². The molecule has 2 aromatic heterocycles. The average Bonchev–Trinajstić information content (AvgIpc) is 3.09. The van der Waals surface area contributed by atoms with Crippen molar-refractivity contribution in [2.75, 3.05) is 18.4 Å². The molecule has 0 aromatic carbocycles. The van der Waals surface area contributed by atoms with Crippen LogP contribution in [0.5, 0.6) is 0 Å². The first-order valence-electron chi connectivity index (χ1n) is 6.84. The van der Waals surface area contributed by atoms with Crippen LogP contribution in [0.1, 0.15) is 35.0 Å². The Hall–Kier alpha value is -2.08. The standard InChI is InChI=1S/C14H18N4O2/c1-10-6-11(9-20-10)14(19)17-12-7-16-18(8-12)13-2-4-15-5-3-13/h6-9,13,15H,2-5H2,1H3,(H,17,19). The van der Waals surface area contributed by atoms with Gasteiger partial charge in [-0.2, -0.15) is 5.10 Å². The van der Waals surface area contributed by atoms with E-state index in [4.69, 9.17) is 4.42 Å². The molecule has 0 radical (unpaired) electrons. The quantitative estimate of drug-likeness (QED) is 0.897. The molecule has 6 nitrogen and oxygen atoms in total. The number of hydrogen-bond acceptors (Lipinski definition) is 4. The number of hydrogen-bond donors (Lipinski definition) is 2. The first kappa shape index (κ1) is 12.9. The van der Waals surface area contributed by atoms with Crippen LogP contribution in [0.15, 0.2) is 29.1 Å². The lowest BCUT2D eigenvalue weighted by atomic mass is 10.1. The van der Waals surface area contributed by atoms with Gasteiger partial charge < -0.3 is 15.1 Å². The molecular formula is C14H18N4O2. The fourth-order valence-corrected chi connectivity index (χ4v) is 2.44. The Morgan fingerprint density at radius 3 is 3.00 bits per heavy atom. The zero-order valence-corrected chi connectivity index (χ0v) is 11.4. The molecule has 6 heteroatoms. The van der Waals surface area contributed by atoms with Gasteiger partial charge in [-0.1, -0.05) is 0 Å². The molecule has 2 aromatic rings. The Morgan fingerprint density at radius 2 is 2.30 bits per heavy atom. The highest BCUT2D eigenvalue weighted by Gasteiger charge is 2.16. The normalized spacial score (nSPS) is 16.2. The molecule has 1 aliphatic heterocycles. The summed E-state index contributed by atoms with van der Waals surface area (Å²) in [6.07, 6.45) is 7.17. The number of piperidine rings is 1. The van der Waals surface area contributed by atoms with Crippen molar-refractivity contribution >= 4 is 11.6 Å². The highest BCUT2D eigenvalue weighted by Crippen LogP contribution is 2.20. The Labute approximate surface area is 117 Å². The largest absolute Gasteiger partial charge is 0.469 e. The van der Waals surface area contributed by atoms with E-state index in [2.05, 4.69) is 15.7 Å². The second-order valence-corrected chi connectivity index (χ2v) is 5.09. The topological polar surface area (TPSA) is 72.1 Å². The molecule has 3 rings (SSSR count). The minimum absolute atomic E-state index is 0.174. The number of nitrogens with zero attached hydrogens (tertiary/aromatic N) is 2. The van der Waals surface area contributed by atoms with Crippen LogP contribution >= 0.6 is 0 Å². The fraction of sp³-hybridized carbons (Fsp3) is 0.429. The van der Waals surface area contributed by atoms with Gasteiger partial charge in [0.2, 0.25) is 0 Å². The minimum Gasteiger partial charge on any atom is -0.469 e. The van der Waals surface area contributed by atoms with Gasteiger partial charge in [0.1, 0.15) is 12.0 Å². The van der Waals surface area contributed by atoms with Gasteiger partial charge in [0, 0.05) is 6.20 Å². The van der Waals surface area contributed by atoms with Crippen molar-refractivity contribution in [3.63, 3.8) is 0 Å². The van der Waals surface area contributed by atoms with Gasteiger partial charge in [-0.05, 0) is 38.9 Å². The lowest BCUT2D eigenvalue weighted by Gasteiger charge is -2.22. The molecule has 3 heterocycles. The molecule has 106 valence electrons. The number of carbonyl (C=O) groups is 1. The lowest BCUT2D eigenvalue weighted by molar-refractivity contribution is 0.102. The number of nitrogens with one attached hydrogen (secondary N) is 2. The van der Waals surface area contributed by atoms with Crippen molar-refractivity contribution < 1.29 is 9.21 Å². The zero-order chi connectivity index (χ0) is 13.9. The Morgan fingerprint density at radius 1 is 1.50 bits per heavy atom. The lowest BCUT2D eigenvalue weighted by Crippen LogP contribution is -2.29. The SMILES string of the molecule is Cc1cc(C(=O)Nc2cnn(C3CCNCC3)c2)co1. The summed E-state index contributed by atoms with van der Waals surface area (Å²) in [4.78, 5) is 12.0. The number of amides is 1.